The van der Waals surface area contributed by atoms with Gasteiger partial charge in [-0.15, -0.1) is 0 Å². The average molecular weight is 286 g/mol. The van der Waals surface area contributed by atoms with E-state index in [1.165, 1.54) is 0 Å². The highest BCUT2D eigenvalue weighted by molar-refractivity contribution is 6.30. The van der Waals surface area contributed by atoms with E-state index in [-0.39, 0.29) is 6.03 Å². The number of benzene rings is 2. The Morgan fingerprint density at radius 2 is 1.80 bits per heavy atom. The molecule has 0 spiro atoms. The summed E-state index contributed by atoms with van der Waals surface area (Å²) < 4.78 is 0. The van der Waals surface area contributed by atoms with E-state index >= 15 is 0 Å². The molecule has 0 saturated carbocycles. The predicted molar refractivity (Wildman–Crippen MR) is 82.4 cm³/mol. The molecule has 0 atom stereocenters. The fourth-order valence-corrected chi connectivity index (χ4v) is 2.13. The number of urea groups is 1. The minimum atomic E-state index is -0.297. The first-order valence-corrected chi connectivity index (χ1v) is 6.50. The van der Waals surface area contributed by atoms with Gasteiger partial charge >= 0.3 is 6.03 Å². The number of amides is 2. The lowest BCUT2D eigenvalue weighted by molar-refractivity contribution is 0.262. The molecule has 5 heteroatoms. The van der Waals surface area contributed by atoms with Crippen molar-refractivity contribution in [2.75, 3.05) is 10.6 Å². The number of carbonyl (C=O) groups is 1. The Balaban J connectivity index is 1.76. The standard InChI is InChI=1S/C15H12ClN3O/c16-11-4-6-12(7-5-11)18-15(20)19-13-3-1-2-10-8-9-17-14(10)13/h1-9,17H,(H2,18,19,20). The molecule has 0 aliphatic rings. The van der Waals surface area contributed by atoms with Crippen LogP contribution in [0.25, 0.3) is 10.9 Å². The van der Waals surface area contributed by atoms with Crippen LogP contribution in [0.5, 0.6) is 0 Å². The summed E-state index contributed by atoms with van der Waals surface area (Å²) in [5.41, 5.74) is 2.32. The molecule has 0 unspecified atom stereocenters. The first-order valence-electron chi connectivity index (χ1n) is 6.12. The second-order valence-corrected chi connectivity index (χ2v) is 4.77. The first kappa shape index (κ1) is 12.6. The summed E-state index contributed by atoms with van der Waals surface area (Å²) in [4.78, 5) is 15.1. The smallest absolute Gasteiger partial charge is 0.323 e. The van der Waals surface area contributed by atoms with Crippen LogP contribution in [0.3, 0.4) is 0 Å². The Morgan fingerprint density at radius 3 is 2.60 bits per heavy atom. The molecule has 100 valence electrons. The predicted octanol–water partition coefficient (Wildman–Crippen LogP) is 4.47. The summed E-state index contributed by atoms with van der Waals surface area (Å²) in [7, 11) is 0. The summed E-state index contributed by atoms with van der Waals surface area (Å²) >= 11 is 5.80. The lowest BCUT2D eigenvalue weighted by atomic mass is 10.2. The van der Waals surface area contributed by atoms with Crippen LogP contribution in [0.15, 0.2) is 54.7 Å². The van der Waals surface area contributed by atoms with Crippen molar-refractivity contribution < 1.29 is 4.79 Å². The number of aromatic amines is 1. The number of anilines is 2. The Hall–Kier alpha value is -2.46. The summed E-state index contributed by atoms with van der Waals surface area (Å²) in [6, 6.07) is 14.3. The molecule has 3 aromatic rings. The monoisotopic (exact) mass is 285 g/mol. The van der Waals surface area contributed by atoms with Gasteiger partial charge in [-0.05, 0) is 36.4 Å². The molecule has 4 nitrogen and oxygen atoms in total. The van der Waals surface area contributed by atoms with Crippen LogP contribution < -0.4 is 10.6 Å². The largest absolute Gasteiger partial charge is 0.359 e. The van der Waals surface area contributed by atoms with E-state index in [4.69, 9.17) is 11.6 Å². The molecule has 1 heterocycles. The van der Waals surface area contributed by atoms with Crippen molar-refractivity contribution in [3.63, 3.8) is 0 Å². The fraction of sp³-hybridized carbons (Fsp3) is 0. The van der Waals surface area contributed by atoms with Gasteiger partial charge < -0.3 is 15.6 Å². The highest BCUT2D eigenvalue weighted by Crippen LogP contribution is 2.22. The van der Waals surface area contributed by atoms with Crippen molar-refractivity contribution in [3.05, 3.63) is 59.8 Å². The molecule has 0 bridgehead atoms. The number of fused-ring (bicyclic) bond motifs is 1. The highest BCUT2D eigenvalue weighted by Gasteiger charge is 2.06. The van der Waals surface area contributed by atoms with Crippen molar-refractivity contribution >= 4 is 39.9 Å². The molecule has 0 fully saturated rings. The third-order valence-corrected chi connectivity index (χ3v) is 3.19. The fourth-order valence-electron chi connectivity index (χ4n) is 2.01. The van der Waals surface area contributed by atoms with Gasteiger partial charge in [0.15, 0.2) is 0 Å². The van der Waals surface area contributed by atoms with Gasteiger partial charge in [0.25, 0.3) is 0 Å². The summed E-state index contributed by atoms with van der Waals surface area (Å²) in [6.45, 7) is 0. The molecule has 0 saturated heterocycles. The molecular formula is C15H12ClN3O. The molecular weight excluding hydrogens is 274 g/mol. The van der Waals surface area contributed by atoms with Crippen molar-refractivity contribution in [1.29, 1.82) is 0 Å². The van der Waals surface area contributed by atoms with E-state index in [1.807, 2.05) is 30.5 Å². The van der Waals surface area contributed by atoms with Gasteiger partial charge in [0.2, 0.25) is 0 Å². The van der Waals surface area contributed by atoms with Crippen LogP contribution in [-0.2, 0) is 0 Å². The topological polar surface area (TPSA) is 56.9 Å². The van der Waals surface area contributed by atoms with Gasteiger partial charge in [0.05, 0.1) is 11.2 Å². The molecule has 20 heavy (non-hydrogen) atoms. The number of carbonyl (C=O) groups excluding carboxylic acids is 1. The quantitative estimate of drug-likeness (QED) is 0.639. The highest BCUT2D eigenvalue weighted by atomic mass is 35.5. The molecule has 0 aliphatic heterocycles. The van der Waals surface area contributed by atoms with E-state index in [0.717, 1.165) is 16.6 Å². The summed E-state index contributed by atoms with van der Waals surface area (Å²) in [5.74, 6) is 0. The lowest BCUT2D eigenvalue weighted by Crippen LogP contribution is -2.19. The Bertz CT molecular complexity index is 749. The minimum absolute atomic E-state index is 0.297. The van der Waals surface area contributed by atoms with Gasteiger partial charge in [-0.3, -0.25) is 0 Å². The first-order chi connectivity index (χ1) is 9.72. The zero-order valence-corrected chi connectivity index (χ0v) is 11.2. The van der Waals surface area contributed by atoms with E-state index in [2.05, 4.69) is 15.6 Å². The minimum Gasteiger partial charge on any atom is -0.359 e. The number of H-pyrrole nitrogens is 1. The van der Waals surface area contributed by atoms with Gasteiger partial charge in [0, 0.05) is 22.3 Å². The number of nitrogens with one attached hydrogen (secondary N) is 3. The molecule has 3 N–H and O–H groups in total. The third kappa shape index (κ3) is 2.60. The molecule has 2 amide bonds. The van der Waals surface area contributed by atoms with E-state index in [0.29, 0.717) is 10.7 Å². The van der Waals surface area contributed by atoms with E-state index < -0.39 is 0 Å². The van der Waals surface area contributed by atoms with Crippen LogP contribution in [0, 0.1) is 0 Å². The van der Waals surface area contributed by atoms with Crippen LogP contribution in [0.1, 0.15) is 0 Å². The Morgan fingerprint density at radius 1 is 1.00 bits per heavy atom. The van der Waals surface area contributed by atoms with Crippen molar-refractivity contribution in [3.8, 4) is 0 Å². The van der Waals surface area contributed by atoms with E-state index in [1.54, 1.807) is 24.3 Å². The zero-order chi connectivity index (χ0) is 13.9. The maximum absolute atomic E-state index is 12.0. The Labute approximate surface area is 120 Å². The number of para-hydroxylation sites is 1. The molecule has 0 aliphatic carbocycles. The average Bonchev–Trinajstić information content (AvgIpc) is 2.91. The number of aromatic nitrogens is 1. The maximum atomic E-state index is 12.0. The van der Waals surface area contributed by atoms with Gasteiger partial charge in [-0.2, -0.15) is 0 Å². The van der Waals surface area contributed by atoms with E-state index in [9.17, 15) is 4.79 Å². The molecule has 0 radical (unpaired) electrons. The lowest BCUT2D eigenvalue weighted by Gasteiger charge is -2.08. The summed E-state index contributed by atoms with van der Waals surface area (Å²) in [5, 5.41) is 7.25. The van der Waals surface area contributed by atoms with Gasteiger partial charge in [-0.25, -0.2) is 4.79 Å². The molecule has 1 aromatic heterocycles. The molecule has 3 rings (SSSR count). The van der Waals surface area contributed by atoms with Crippen molar-refractivity contribution in [2.24, 2.45) is 0 Å². The normalized spacial score (nSPS) is 10.4. The van der Waals surface area contributed by atoms with Crippen molar-refractivity contribution in [1.82, 2.24) is 4.98 Å². The number of halogens is 1. The number of rotatable bonds is 2. The van der Waals surface area contributed by atoms with Crippen LogP contribution in [0.2, 0.25) is 5.02 Å². The number of hydrogen-bond donors (Lipinski definition) is 3. The zero-order valence-electron chi connectivity index (χ0n) is 10.5. The van der Waals surface area contributed by atoms with Crippen LogP contribution in [0.4, 0.5) is 16.2 Å². The second kappa shape index (κ2) is 5.27. The number of hydrogen-bond acceptors (Lipinski definition) is 1. The maximum Gasteiger partial charge on any atom is 0.323 e. The van der Waals surface area contributed by atoms with Gasteiger partial charge in [0.1, 0.15) is 0 Å². The summed E-state index contributed by atoms with van der Waals surface area (Å²) in [6.07, 6.45) is 1.84. The molecule has 2 aromatic carbocycles. The van der Waals surface area contributed by atoms with Crippen molar-refractivity contribution in [2.45, 2.75) is 0 Å². The Kier molecular flexibility index (Phi) is 3.31. The SMILES string of the molecule is O=C(Nc1ccc(Cl)cc1)Nc1cccc2cc[nH]c12. The van der Waals surface area contributed by atoms with Gasteiger partial charge in [-0.1, -0.05) is 23.7 Å². The third-order valence-electron chi connectivity index (χ3n) is 2.94. The second-order valence-electron chi connectivity index (χ2n) is 4.33. The van der Waals surface area contributed by atoms with Crippen LogP contribution in [-0.4, -0.2) is 11.0 Å². The van der Waals surface area contributed by atoms with Crippen LogP contribution >= 0.6 is 11.6 Å².